The van der Waals surface area contributed by atoms with Gasteiger partial charge in [-0.3, -0.25) is 4.68 Å². The molecule has 3 aromatic heterocycles. The van der Waals surface area contributed by atoms with E-state index >= 15 is 0 Å². The first-order valence-corrected chi connectivity index (χ1v) is 10.3. The van der Waals surface area contributed by atoms with Crippen molar-refractivity contribution in [3.63, 3.8) is 0 Å². The molecule has 5 rings (SSSR count). The first-order chi connectivity index (χ1) is 14.9. The summed E-state index contributed by atoms with van der Waals surface area (Å²) in [5, 5.41) is 4.23. The molecule has 31 heavy (non-hydrogen) atoms. The maximum absolute atomic E-state index is 13.1. The number of anilines is 2. The molecule has 3 aromatic rings. The van der Waals surface area contributed by atoms with E-state index in [2.05, 4.69) is 20.1 Å². The van der Waals surface area contributed by atoms with Crippen LogP contribution in [0.4, 0.5) is 20.5 Å². The summed E-state index contributed by atoms with van der Waals surface area (Å²) >= 11 is 0. The minimum absolute atomic E-state index is 0.150. The SMILES string of the molecule is Cc1nc2nc(N3CCOC(c4cnn(C)c4)C3)nc(N3CC(C(F)F)C3)c2nc1C. The molecule has 0 aliphatic carbocycles. The fourth-order valence-electron chi connectivity index (χ4n) is 3.93. The minimum Gasteiger partial charge on any atom is -0.370 e. The molecule has 9 nitrogen and oxygen atoms in total. The summed E-state index contributed by atoms with van der Waals surface area (Å²) in [6.45, 7) is 5.96. The number of hydrogen-bond donors (Lipinski definition) is 0. The lowest BCUT2D eigenvalue weighted by molar-refractivity contribution is 0.0392. The third-order valence-corrected chi connectivity index (χ3v) is 5.92. The second-order valence-corrected chi connectivity index (χ2v) is 8.17. The Morgan fingerprint density at radius 2 is 1.81 bits per heavy atom. The molecule has 11 heteroatoms. The van der Waals surface area contributed by atoms with E-state index in [4.69, 9.17) is 9.72 Å². The number of rotatable bonds is 4. The quantitative estimate of drug-likeness (QED) is 0.622. The highest BCUT2D eigenvalue weighted by Crippen LogP contribution is 2.33. The number of aryl methyl sites for hydroxylation is 3. The molecule has 0 spiro atoms. The van der Waals surface area contributed by atoms with Gasteiger partial charge in [0.25, 0.3) is 0 Å². The van der Waals surface area contributed by atoms with E-state index in [1.165, 1.54) is 0 Å². The molecule has 0 radical (unpaired) electrons. The molecule has 2 aliphatic rings. The minimum atomic E-state index is -2.33. The molecule has 2 fully saturated rings. The Labute approximate surface area is 178 Å². The Morgan fingerprint density at radius 1 is 1.03 bits per heavy atom. The normalized spacial score (nSPS) is 20.0. The molecule has 0 N–H and O–H groups in total. The molecule has 5 heterocycles. The number of morpholine rings is 1. The van der Waals surface area contributed by atoms with Crippen molar-refractivity contribution in [2.24, 2.45) is 13.0 Å². The van der Waals surface area contributed by atoms with Crippen LogP contribution in [0, 0.1) is 19.8 Å². The molecule has 1 unspecified atom stereocenters. The molecule has 2 aliphatic heterocycles. The third kappa shape index (κ3) is 3.67. The molecular weight excluding hydrogens is 406 g/mol. The number of halogens is 2. The maximum atomic E-state index is 13.1. The van der Waals surface area contributed by atoms with Crippen molar-refractivity contribution < 1.29 is 13.5 Å². The van der Waals surface area contributed by atoms with Crippen LogP contribution in [0.5, 0.6) is 0 Å². The fourth-order valence-corrected chi connectivity index (χ4v) is 3.93. The lowest BCUT2D eigenvalue weighted by atomic mass is 10.0. The van der Waals surface area contributed by atoms with E-state index in [0.717, 1.165) is 17.0 Å². The van der Waals surface area contributed by atoms with Crippen LogP contribution in [-0.2, 0) is 11.8 Å². The second-order valence-electron chi connectivity index (χ2n) is 8.17. The van der Waals surface area contributed by atoms with Crippen LogP contribution in [-0.4, -0.2) is 68.9 Å². The van der Waals surface area contributed by atoms with Crippen molar-refractivity contribution in [2.45, 2.75) is 26.4 Å². The highest BCUT2D eigenvalue weighted by atomic mass is 19.3. The van der Waals surface area contributed by atoms with E-state index in [0.29, 0.717) is 42.6 Å². The zero-order chi connectivity index (χ0) is 21.7. The van der Waals surface area contributed by atoms with E-state index in [1.54, 1.807) is 10.9 Å². The Kier molecular flexibility index (Phi) is 4.92. The summed E-state index contributed by atoms with van der Waals surface area (Å²) in [7, 11) is 1.87. The summed E-state index contributed by atoms with van der Waals surface area (Å²) in [5.74, 6) is 0.431. The number of aromatic nitrogens is 6. The first kappa shape index (κ1) is 20.0. The van der Waals surface area contributed by atoms with Crippen molar-refractivity contribution in [3.8, 4) is 0 Å². The Balaban J connectivity index is 1.50. The van der Waals surface area contributed by atoms with Crippen molar-refractivity contribution in [2.75, 3.05) is 42.6 Å². The van der Waals surface area contributed by atoms with Crippen molar-refractivity contribution >= 4 is 22.9 Å². The van der Waals surface area contributed by atoms with Crippen LogP contribution in [0.3, 0.4) is 0 Å². The Morgan fingerprint density at radius 3 is 2.52 bits per heavy atom. The van der Waals surface area contributed by atoms with E-state index in [1.807, 2.05) is 36.9 Å². The van der Waals surface area contributed by atoms with E-state index < -0.39 is 12.3 Å². The average molecular weight is 430 g/mol. The van der Waals surface area contributed by atoms with Gasteiger partial charge >= 0.3 is 0 Å². The van der Waals surface area contributed by atoms with Crippen LogP contribution in [0.2, 0.25) is 0 Å². The molecule has 0 aromatic carbocycles. The molecule has 1 atom stereocenters. The van der Waals surface area contributed by atoms with Crippen molar-refractivity contribution in [3.05, 3.63) is 29.3 Å². The van der Waals surface area contributed by atoms with Gasteiger partial charge in [-0.1, -0.05) is 0 Å². The van der Waals surface area contributed by atoms with Gasteiger partial charge in [-0.15, -0.1) is 0 Å². The Bertz CT molecular complexity index is 1110. The zero-order valence-corrected chi connectivity index (χ0v) is 17.7. The Hall–Kier alpha value is -2.95. The number of nitrogens with zero attached hydrogens (tertiary/aromatic N) is 8. The number of hydrogen-bond acceptors (Lipinski definition) is 8. The van der Waals surface area contributed by atoms with Crippen LogP contribution < -0.4 is 9.80 Å². The van der Waals surface area contributed by atoms with Gasteiger partial charge in [-0.25, -0.2) is 18.7 Å². The van der Waals surface area contributed by atoms with Gasteiger partial charge in [0.05, 0.1) is 36.7 Å². The average Bonchev–Trinajstić information content (AvgIpc) is 3.14. The van der Waals surface area contributed by atoms with E-state index in [-0.39, 0.29) is 19.2 Å². The molecule has 0 bridgehead atoms. The predicted octanol–water partition coefficient (Wildman–Crippen LogP) is 2.05. The van der Waals surface area contributed by atoms with Gasteiger partial charge in [0, 0.05) is 38.4 Å². The van der Waals surface area contributed by atoms with Gasteiger partial charge in [-0.2, -0.15) is 15.1 Å². The summed E-state index contributed by atoms with van der Waals surface area (Å²) < 4.78 is 33.8. The van der Waals surface area contributed by atoms with Crippen LogP contribution in [0.25, 0.3) is 11.2 Å². The molecule has 0 amide bonds. The fraction of sp³-hybridized carbons (Fsp3) is 0.550. The second kappa shape index (κ2) is 7.63. The number of fused-ring (bicyclic) bond motifs is 1. The number of ether oxygens (including phenoxy) is 1. The maximum Gasteiger partial charge on any atom is 0.244 e. The zero-order valence-electron chi connectivity index (χ0n) is 17.7. The van der Waals surface area contributed by atoms with Crippen LogP contribution in [0.1, 0.15) is 23.1 Å². The van der Waals surface area contributed by atoms with Gasteiger partial charge < -0.3 is 14.5 Å². The highest BCUT2D eigenvalue weighted by Gasteiger charge is 2.37. The molecule has 2 saturated heterocycles. The lowest BCUT2D eigenvalue weighted by Gasteiger charge is -2.40. The predicted molar refractivity (Wildman–Crippen MR) is 110 cm³/mol. The number of alkyl halides is 2. The van der Waals surface area contributed by atoms with Crippen molar-refractivity contribution in [1.29, 1.82) is 0 Å². The van der Waals surface area contributed by atoms with Gasteiger partial charge in [-0.05, 0) is 13.8 Å². The van der Waals surface area contributed by atoms with Gasteiger partial charge in [0.1, 0.15) is 6.10 Å². The van der Waals surface area contributed by atoms with Crippen molar-refractivity contribution in [1.82, 2.24) is 29.7 Å². The van der Waals surface area contributed by atoms with E-state index in [9.17, 15) is 8.78 Å². The van der Waals surface area contributed by atoms with Gasteiger partial charge in [0.2, 0.25) is 12.4 Å². The first-order valence-electron chi connectivity index (χ1n) is 10.3. The molecule has 164 valence electrons. The summed E-state index contributed by atoms with van der Waals surface area (Å²) in [6.07, 6.45) is 1.24. The largest absolute Gasteiger partial charge is 0.370 e. The molecular formula is C20H24F2N8O. The summed E-state index contributed by atoms with van der Waals surface area (Å²) in [4.78, 5) is 22.6. The highest BCUT2D eigenvalue weighted by molar-refractivity contribution is 5.85. The molecule has 0 saturated carbocycles. The monoisotopic (exact) mass is 430 g/mol. The van der Waals surface area contributed by atoms with Crippen LogP contribution >= 0.6 is 0 Å². The standard InChI is InChI=1S/C20H24F2N8O/c1-11-12(2)25-18-16(24-11)19(30-8-14(9-30)17(21)22)27-20(26-18)29-4-5-31-15(10-29)13-6-23-28(3)7-13/h6-7,14-15,17H,4-5,8-10H2,1-3H3. The topological polar surface area (TPSA) is 85.1 Å². The summed E-state index contributed by atoms with van der Waals surface area (Å²) in [6, 6.07) is 0. The van der Waals surface area contributed by atoms with Gasteiger partial charge in [0.15, 0.2) is 17.0 Å². The van der Waals surface area contributed by atoms with Crippen LogP contribution in [0.15, 0.2) is 12.4 Å². The lowest BCUT2D eigenvalue weighted by Crippen LogP contribution is -2.50. The third-order valence-electron chi connectivity index (χ3n) is 5.92. The summed E-state index contributed by atoms with van der Waals surface area (Å²) in [5.41, 5.74) is 3.58. The smallest absolute Gasteiger partial charge is 0.244 e.